The van der Waals surface area contributed by atoms with Gasteiger partial charge in [-0.05, 0) is 48.5 Å². The smallest absolute Gasteiger partial charge is 0.355 e. The number of fused-ring (bicyclic) bond motifs is 3. The highest BCUT2D eigenvalue weighted by Gasteiger charge is 2.35. The molecule has 35 heavy (non-hydrogen) atoms. The van der Waals surface area contributed by atoms with Crippen molar-refractivity contribution in [2.75, 3.05) is 10.6 Å². The molecule has 5 aromatic rings. The second-order valence-corrected chi connectivity index (χ2v) is 7.53. The number of anilines is 3. The van der Waals surface area contributed by atoms with E-state index < -0.39 is 29.0 Å². The van der Waals surface area contributed by atoms with Crippen molar-refractivity contribution in [2.24, 2.45) is 0 Å². The van der Waals surface area contributed by atoms with Gasteiger partial charge in [-0.15, -0.1) is 0 Å². The van der Waals surface area contributed by atoms with Crippen LogP contribution < -0.4 is 16.2 Å². The molecule has 2 aromatic carbocycles. The van der Waals surface area contributed by atoms with Gasteiger partial charge in [-0.3, -0.25) is 14.7 Å². The molecule has 12 heteroatoms. The molecule has 1 amide bonds. The van der Waals surface area contributed by atoms with E-state index in [1.807, 2.05) is 0 Å². The zero-order valence-electron chi connectivity index (χ0n) is 17.5. The molecule has 176 valence electrons. The van der Waals surface area contributed by atoms with Gasteiger partial charge in [0.1, 0.15) is 11.5 Å². The van der Waals surface area contributed by atoms with Gasteiger partial charge < -0.3 is 15.6 Å². The fraction of sp³-hybridized carbons (Fsp3) is 0.0435. The van der Waals surface area contributed by atoms with Crippen LogP contribution in [-0.4, -0.2) is 26.1 Å². The zero-order chi connectivity index (χ0) is 24.7. The van der Waals surface area contributed by atoms with E-state index in [-0.39, 0.29) is 22.8 Å². The molecule has 0 saturated carbocycles. The first-order chi connectivity index (χ1) is 16.7. The first-order valence-corrected chi connectivity index (χ1v) is 10.1. The van der Waals surface area contributed by atoms with E-state index in [1.54, 1.807) is 24.4 Å². The highest BCUT2D eigenvalue weighted by atomic mass is 19.4. The van der Waals surface area contributed by atoms with E-state index in [4.69, 9.17) is 0 Å². The number of carbonyl (C=O) groups excluding carboxylic acids is 1. The summed E-state index contributed by atoms with van der Waals surface area (Å²) in [5, 5.41) is 13.4. The molecule has 3 aromatic heterocycles. The third-order valence-electron chi connectivity index (χ3n) is 5.26. The number of benzene rings is 2. The Balaban J connectivity index is 1.40. The summed E-state index contributed by atoms with van der Waals surface area (Å²) in [5.41, 5.74) is -0.397. The van der Waals surface area contributed by atoms with E-state index in [0.29, 0.717) is 27.8 Å². The lowest BCUT2D eigenvalue weighted by atomic mass is 10.1. The molecule has 3 heterocycles. The summed E-state index contributed by atoms with van der Waals surface area (Å²) in [4.78, 5) is 31.4. The Morgan fingerprint density at radius 2 is 1.74 bits per heavy atom. The van der Waals surface area contributed by atoms with Gasteiger partial charge in [-0.2, -0.15) is 18.3 Å². The van der Waals surface area contributed by atoms with Gasteiger partial charge in [0.05, 0.1) is 22.2 Å². The minimum absolute atomic E-state index is 0.227. The number of halogens is 4. The lowest BCUT2D eigenvalue weighted by Gasteiger charge is -2.14. The maximum atomic E-state index is 13.3. The van der Waals surface area contributed by atoms with Crippen LogP contribution in [0.15, 0.2) is 65.7 Å². The van der Waals surface area contributed by atoms with Gasteiger partial charge >= 0.3 is 6.18 Å². The summed E-state index contributed by atoms with van der Waals surface area (Å²) < 4.78 is 52.9. The summed E-state index contributed by atoms with van der Waals surface area (Å²) in [7, 11) is 0. The van der Waals surface area contributed by atoms with Crippen LogP contribution in [0, 0.1) is 5.82 Å². The number of amides is 1. The highest BCUT2D eigenvalue weighted by molar-refractivity contribution is 6.09. The predicted molar refractivity (Wildman–Crippen MR) is 121 cm³/mol. The molecule has 0 saturated heterocycles. The molecular formula is C23H14F4N6O2. The lowest BCUT2D eigenvalue weighted by molar-refractivity contribution is -0.138. The standard InChI is InChI=1S/C23H14F4N6O2/c24-11-1-6-14(16(9-11)23(25,26)27)21(34)31-13-4-2-12(3-5-13)30-17-7-8-28-20-18(17)15-10-29-33-19(15)22(35)32-20/h1-10H,(H,29,33)(H,31,34)(H2,28,30,32,35). The quantitative estimate of drug-likeness (QED) is 0.271. The van der Waals surface area contributed by atoms with Crippen molar-refractivity contribution in [3.63, 3.8) is 0 Å². The number of hydrogen-bond donors (Lipinski definition) is 4. The van der Waals surface area contributed by atoms with Crippen LogP contribution >= 0.6 is 0 Å². The summed E-state index contributed by atoms with van der Waals surface area (Å²) >= 11 is 0. The van der Waals surface area contributed by atoms with Crippen molar-refractivity contribution in [3.8, 4) is 0 Å². The Bertz CT molecular complexity index is 1640. The fourth-order valence-corrected chi connectivity index (χ4v) is 3.69. The summed E-state index contributed by atoms with van der Waals surface area (Å²) in [6.45, 7) is 0. The molecule has 0 unspecified atom stereocenters. The number of pyridine rings is 2. The van der Waals surface area contributed by atoms with Crippen LogP contribution in [0.1, 0.15) is 15.9 Å². The Kier molecular flexibility index (Phi) is 5.20. The lowest BCUT2D eigenvalue weighted by Crippen LogP contribution is -2.19. The molecule has 0 bridgehead atoms. The van der Waals surface area contributed by atoms with Crippen LogP contribution in [0.25, 0.3) is 21.9 Å². The van der Waals surface area contributed by atoms with E-state index in [0.717, 1.165) is 12.1 Å². The van der Waals surface area contributed by atoms with Crippen LogP contribution in [0.4, 0.5) is 34.6 Å². The first-order valence-electron chi connectivity index (χ1n) is 10.1. The molecule has 0 aliphatic heterocycles. The first kappa shape index (κ1) is 22.1. The van der Waals surface area contributed by atoms with Crippen molar-refractivity contribution in [2.45, 2.75) is 6.18 Å². The summed E-state index contributed by atoms with van der Waals surface area (Å²) in [6.07, 6.45) is -1.79. The van der Waals surface area contributed by atoms with Crippen LogP contribution in [0.3, 0.4) is 0 Å². The molecule has 0 aliphatic rings. The van der Waals surface area contributed by atoms with Gasteiger partial charge in [0.15, 0.2) is 5.52 Å². The predicted octanol–water partition coefficient (Wildman–Crippen LogP) is 4.95. The second kappa shape index (κ2) is 8.24. The number of nitrogens with zero attached hydrogens (tertiary/aromatic N) is 2. The monoisotopic (exact) mass is 482 g/mol. The van der Waals surface area contributed by atoms with Crippen molar-refractivity contribution < 1.29 is 22.4 Å². The molecule has 0 radical (unpaired) electrons. The van der Waals surface area contributed by atoms with E-state index >= 15 is 0 Å². The van der Waals surface area contributed by atoms with Gasteiger partial charge in [0.2, 0.25) is 0 Å². The minimum atomic E-state index is -4.89. The fourth-order valence-electron chi connectivity index (χ4n) is 3.69. The number of rotatable bonds is 4. The van der Waals surface area contributed by atoms with Crippen molar-refractivity contribution >= 4 is 44.9 Å². The molecule has 0 aliphatic carbocycles. The summed E-state index contributed by atoms with van der Waals surface area (Å²) in [6, 6.07) is 9.77. The molecule has 0 atom stereocenters. The van der Waals surface area contributed by atoms with E-state index in [2.05, 4.69) is 30.8 Å². The van der Waals surface area contributed by atoms with Crippen molar-refractivity contribution in [1.29, 1.82) is 0 Å². The number of alkyl halides is 3. The van der Waals surface area contributed by atoms with Crippen molar-refractivity contribution in [1.82, 2.24) is 20.2 Å². The molecule has 8 nitrogen and oxygen atoms in total. The van der Waals surface area contributed by atoms with Crippen LogP contribution in [-0.2, 0) is 6.18 Å². The maximum absolute atomic E-state index is 13.3. The van der Waals surface area contributed by atoms with E-state index in [1.165, 1.54) is 18.3 Å². The molecule has 0 spiro atoms. The average Bonchev–Trinajstić information content (AvgIpc) is 3.30. The van der Waals surface area contributed by atoms with Gasteiger partial charge in [0.25, 0.3) is 11.5 Å². The van der Waals surface area contributed by atoms with Crippen LogP contribution in [0.5, 0.6) is 0 Å². The number of aromatic amines is 2. The number of carbonyl (C=O) groups is 1. The third kappa shape index (κ3) is 4.16. The Labute approximate surface area is 193 Å². The largest absolute Gasteiger partial charge is 0.417 e. The number of hydrogen-bond acceptors (Lipinski definition) is 5. The minimum Gasteiger partial charge on any atom is -0.355 e. The molecule has 5 rings (SSSR count). The van der Waals surface area contributed by atoms with Gasteiger partial charge in [-0.1, -0.05) is 0 Å². The molecule has 0 fully saturated rings. The van der Waals surface area contributed by atoms with Gasteiger partial charge in [-0.25, -0.2) is 9.37 Å². The highest BCUT2D eigenvalue weighted by Crippen LogP contribution is 2.33. The summed E-state index contributed by atoms with van der Waals surface area (Å²) in [5.74, 6) is -2.12. The van der Waals surface area contributed by atoms with Crippen LogP contribution in [0.2, 0.25) is 0 Å². The number of aromatic nitrogens is 4. The Hall–Kier alpha value is -4.74. The average molecular weight is 482 g/mol. The van der Waals surface area contributed by atoms with E-state index in [9.17, 15) is 27.2 Å². The molecular weight excluding hydrogens is 468 g/mol. The topological polar surface area (TPSA) is 116 Å². The normalized spacial score (nSPS) is 11.7. The molecule has 4 N–H and O–H groups in total. The number of nitrogens with one attached hydrogen (secondary N) is 4. The van der Waals surface area contributed by atoms with Crippen molar-refractivity contribution in [3.05, 3.63) is 88.2 Å². The maximum Gasteiger partial charge on any atom is 0.417 e. The Morgan fingerprint density at radius 3 is 2.49 bits per heavy atom. The zero-order valence-corrected chi connectivity index (χ0v) is 17.5. The third-order valence-corrected chi connectivity index (χ3v) is 5.26. The SMILES string of the molecule is O=C(Nc1ccc(Nc2ccnc3[nH]c(=O)c4n[nH]cc4c23)cc1)c1ccc(F)cc1C(F)(F)F. The number of H-pyrrole nitrogens is 2. The van der Waals surface area contributed by atoms with Gasteiger partial charge in [0, 0.05) is 29.2 Å². The second-order valence-electron chi connectivity index (χ2n) is 7.53. The Morgan fingerprint density at radius 1 is 1.00 bits per heavy atom.